The van der Waals surface area contributed by atoms with Gasteiger partial charge in [0.2, 0.25) is 5.91 Å². The zero-order valence-corrected chi connectivity index (χ0v) is 20.1. The van der Waals surface area contributed by atoms with Crippen molar-refractivity contribution in [3.05, 3.63) is 107 Å². The van der Waals surface area contributed by atoms with Gasteiger partial charge in [0.25, 0.3) is 5.91 Å². The molecule has 1 aliphatic rings. The highest BCUT2D eigenvalue weighted by atomic mass is 32.1. The molecule has 0 aliphatic carbocycles. The van der Waals surface area contributed by atoms with Crippen LogP contribution in [0.25, 0.3) is 11.1 Å². The highest BCUT2D eigenvalue weighted by molar-refractivity contribution is 7.10. The van der Waals surface area contributed by atoms with Gasteiger partial charge in [0.1, 0.15) is 0 Å². The average Bonchev–Trinajstić information content (AvgIpc) is 3.43. The molecule has 2 amide bonds. The zero-order chi connectivity index (χ0) is 24.2. The molecule has 2 atom stereocenters. The Kier molecular flexibility index (Phi) is 6.70. The van der Waals surface area contributed by atoms with Crippen LogP contribution in [0.5, 0.6) is 0 Å². The molecule has 0 spiro atoms. The number of anilines is 1. The minimum atomic E-state index is -0.558. The van der Waals surface area contributed by atoms with E-state index >= 15 is 0 Å². The lowest BCUT2D eigenvalue weighted by Crippen LogP contribution is -2.47. The fraction of sp³-hybridized carbons (Fsp3) is 0.179. The Morgan fingerprint density at radius 2 is 1.86 bits per heavy atom. The van der Waals surface area contributed by atoms with Gasteiger partial charge in [-0.1, -0.05) is 42.5 Å². The molecule has 176 valence electrons. The fourth-order valence-electron chi connectivity index (χ4n) is 4.59. The molecule has 5 rings (SSSR count). The summed E-state index contributed by atoms with van der Waals surface area (Å²) in [6.45, 7) is 0.787. The smallest absolute Gasteiger partial charge is 0.254 e. The second kappa shape index (κ2) is 10.2. The lowest BCUT2D eigenvalue weighted by molar-refractivity contribution is -0.119. The Morgan fingerprint density at radius 3 is 2.57 bits per heavy atom. The van der Waals surface area contributed by atoms with Gasteiger partial charge in [-0.15, -0.1) is 11.3 Å². The van der Waals surface area contributed by atoms with E-state index in [0.717, 1.165) is 21.6 Å². The first-order chi connectivity index (χ1) is 17.2. The van der Waals surface area contributed by atoms with Gasteiger partial charge >= 0.3 is 0 Å². The molecule has 0 fully saturated rings. The molecule has 1 aliphatic heterocycles. The maximum Gasteiger partial charge on any atom is 0.254 e. The van der Waals surface area contributed by atoms with Gasteiger partial charge in [-0.25, -0.2) is 0 Å². The topological polar surface area (TPSA) is 71.5 Å². The first kappa shape index (κ1) is 23.0. The van der Waals surface area contributed by atoms with Crippen LogP contribution in [0, 0.1) is 0 Å². The molecular formula is C28H25N3O3S. The predicted molar refractivity (Wildman–Crippen MR) is 137 cm³/mol. The summed E-state index contributed by atoms with van der Waals surface area (Å²) in [5.74, 6) is -0.793. The number of benzene rings is 2. The van der Waals surface area contributed by atoms with Crippen LogP contribution >= 0.6 is 11.3 Å². The number of hydrogen-bond acceptors (Lipinski definition) is 5. The monoisotopic (exact) mass is 483 g/mol. The van der Waals surface area contributed by atoms with Crippen LogP contribution in [0.4, 0.5) is 5.69 Å². The molecule has 0 saturated heterocycles. The van der Waals surface area contributed by atoms with Gasteiger partial charge in [0.15, 0.2) is 0 Å². The number of carbonyl (C=O) groups excluding carboxylic acids is 2. The minimum Gasteiger partial charge on any atom is -0.383 e. The van der Waals surface area contributed by atoms with Crippen LogP contribution < -0.4 is 5.32 Å². The number of carbonyl (C=O) groups is 2. The van der Waals surface area contributed by atoms with Gasteiger partial charge in [0.05, 0.1) is 18.6 Å². The first-order valence-corrected chi connectivity index (χ1v) is 12.3. The van der Waals surface area contributed by atoms with Crippen molar-refractivity contribution in [1.29, 1.82) is 0 Å². The van der Waals surface area contributed by atoms with Crippen molar-refractivity contribution in [3.8, 4) is 11.1 Å². The number of thiophene rings is 1. The summed E-state index contributed by atoms with van der Waals surface area (Å²) in [4.78, 5) is 34.2. The normalized spacial score (nSPS) is 17.2. The second-order valence-electron chi connectivity index (χ2n) is 8.32. The highest BCUT2D eigenvalue weighted by Gasteiger charge is 2.44. The van der Waals surface area contributed by atoms with E-state index < -0.39 is 12.0 Å². The van der Waals surface area contributed by atoms with Gasteiger partial charge in [-0.3, -0.25) is 14.6 Å². The summed E-state index contributed by atoms with van der Waals surface area (Å²) in [5, 5.41) is 5.07. The summed E-state index contributed by atoms with van der Waals surface area (Å²) in [7, 11) is 1.61. The first-order valence-electron chi connectivity index (χ1n) is 11.4. The number of hydrogen-bond donors (Lipinski definition) is 1. The lowest BCUT2D eigenvalue weighted by Gasteiger charge is -2.41. The number of amides is 2. The number of nitrogens with zero attached hydrogens (tertiary/aromatic N) is 2. The molecule has 35 heavy (non-hydrogen) atoms. The molecule has 0 radical (unpaired) electrons. The number of rotatable bonds is 7. The summed E-state index contributed by atoms with van der Waals surface area (Å²) in [6, 6.07) is 22.5. The van der Waals surface area contributed by atoms with Gasteiger partial charge in [0, 0.05) is 42.2 Å². The standard InChI is InChI=1S/C28H25N3O3S/c1-34-16-15-31-26(24-9-5-17-35-24)25(22-7-2-3-8-23(22)28(31)33)27(32)30-21-12-10-19(11-13-21)20-6-4-14-29-18-20/h2-14,17-18,25-26H,15-16H2,1H3,(H,30,32). The molecule has 4 aromatic rings. The van der Waals surface area contributed by atoms with Crippen LogP contribution in [0.2, 0.25) is 0 Å². The molecule has 0 bridgehead atoms. The number of aromatic nitrogens is 1. The molecule has 3 heterocycles. The molecule has 0 saturated carbocycles. The minimum absolute atomic E-state index is 0.0825. The van der Waals surface area contributed by atoms with Crippen LogP contribution in [0.1, 0.15) is 32.8 Å². The van der Waals surface area contributed by atoms with E-state index in [2.05, 4.69) is 10.3 Å². The second-order valence-corrected chi connectivity index (χ2v) is 9.30. The largest absolute Gasteiger partial charge is 0.383 e. The molecule has 2 unspecified atom stereocenters. The number of nitrogens with one attached hydrogen (secondary N) is 1. The SMILES string of the molecule is COCCN1C(=O)c2ccccc2C(C(=O)Nc2ccc(-c3cccnc3)cc2)C1c1cccs1. The van der Waals surface area contributed by atoms with Gasteiger partial charge in [-0.05, 0) is 52.4 Å². The van der Waals surface area contributed by atoms with Crippen molar-refractivity contribution >= 4 is 28.8 Å². The number of methoxy groups -OCH3 is 1. The van der Waals surface area contributed by atoms with E-state index in [1.807, 2.05) is 78.3 Å². The summed E-state index contributed by atoms with van der Waals surface area (Å²) < 4.78 is 5.29. The van der Waals surface area contributed by atoms with Crippen LogP contribution in [0.15, 0.2) is 90.6 Å². The Balaban J connectivity index is 1.49. The Hall–Kier alpha value is -3.81. The molecular weight excluding hydrogens is 458 g/mol. The molecule has 2 aromatic heterocycles. The maximum atomic E-state index is 13.8. The fourth-order valence-corrected chi connectivity index (χ4v) is 5.46. The van der Waals surface area contributed by atoms with E-state index in [0.29, 0.717) is 24.4 Å². The third-order valence-electron chi connectivity index (χ3n) is 6.24. The van der Waals surface area contributed by atoms with E-state index in [1.54, 1.807) is 35.6 Å². The van der Waals surface area contributed by atoms with Crippen molar-refractivity contribution in [2.45, 2.75) is 12.0 Å². The van der Waals surface area contributed by atoms with Crippen molar-refractivity contribution in [2.75, 3.05) is 25.6 Å². The van der Waals surface area contributed by atoms with E-state index in [4.69, 9.17) is 4.74 Å². The highest BCUT2D eigenvalue weighted by Crippen LogP contribution is 2.44. The van der Waals surface area contributed by atoms with Gasteiger partial charge in [-0.2, -0.15) is 0 Å². The van der Waals surface area contributed by atoms with Crippen LogP contribution in [-0.2, 0) is 9.53 Å². The molecule has 7 heteroatoms. The van der Waals surface area contributed by atoms with Crippen molar-refractivity contribution < 1.29 is 14.3 Å². The lowest BCUT2D eigenvalue weighted by atomic mass is 9.81. The Labute approximate surface area is 208 Å². The van der Waals surface area contributed by atoms with E-state index in [-0.39, 0.29) is 11.8 Å². The Bertz CT molecular complexity index is 1310. The quantitative estimate of drug-likeness (QED) is 0.383. The number of ether oxygens (including phenoxy) is 1. The summed E-state index contributed by atoms with van der Waals surface area (Å²) >= 11 is 1.55. The van der Waals surface area contributed by atoms with Crippen LogP contribution in [-0.4, -0.2) is 42.0 Å². The maximum absolute atomic E-state index is 13.8. The molecule has 2 aromatic carbocycles. The summed E-state index contributed by atoms with van der Waals surface area (Å²) in [5.41, 5.74) is 4.03. The summed E-state index contributed by atoms with van der Waals surface area (Å²) in [6.07, 6.45) is 3.55. The average molecular weight is 484 g/mol. The molecule has 1 N–H and O–H groups in total. The van der Waals surface area contributed by atoms with Crippen molar-refractivity contribution in [3.63, 3.8) is 0 Å². The van der Waals surface area contributed by atoms with Crippen molar-refractivity contribution in [1.82, 2.24) is 9.88 Å². The predicted octanol–water partition coefficient (Wildman–Crippen LogP) is 5.38. The van der Waals surface area contributed by atoms with Crippen LogP contribution in [0.3, 0.4) is 0 Å². The Morgan fingerprint density at radius 1 is 1.03 bits per heavy atom. The third-order valence-corrected chi connectivity index (χ3v) is 7.18. The molecule has 6 nitrogen and oxygen atoms in total. The van der Waals surface area contributed by atoms with E-state index in [9.17, 15) is 9.59 Å². The van der Waals surface area contributed by atoms with Crippen molar-refractivity contribution in [2.24, 2.45) is 0 Å². The number of pyridine rings is 1. The third kappa shape index (κ3) is 4.60. The van der Waals surface area contributed by atoms with E-state index in [1.165, 1.54) is 0 Å². The number of fused-ring (bicyclic) bond motifs is 1. The zero-order valence-electron chi connectivity index (χ0n) is 19.3. The van der Waals surface area contributed by atoms with Gasteiger partial charge < -0.3 is 15.0 Å².